The molecule has 1 saturated heterocycles. The Bertz CT molecular complexity index is 1120. The molecule has 0 radical (unpaired) electrons. The third-order valence-corrected chi connectivity index (χ3v) is 7.27. The molecule has 1 fully saturated rings. The van der Waals surface area contributed by atoms with Crippen LogP contribution in [0.15, 0.2) is 28.0 Å². The number of carbonyl (C=O) groups is 1. The van der Waals surface area contributed by atoms with E-state index in [4.69, 9.17) is 17.2 Å². The summed E-state index contributed by atoms with van der Waals surface area (Å²) in [5.74, 6) is 1.18. The average molecular weight is 487 g/mol. The summed E-state index contributed by atoms with van der Waals surface area (Å²) >= 11 is 6.82. The number of aromatic nitrogens is 2. The lowest BCUT2D eigenvalue weighted by Crippen LogP contribution is -2.33. The second-order valence-corrected chi connectivity index (χ2v) is 10.7. The minimum absolute atomic E-state index is 0.122. The number of rotatable bonds is 10. The van der Waals surface area contributed by atoms with Crippen LogP contribution < -0.4 is 10.9 Å². The van der Waals surface area contributed by atoms with Crippen LogP contribution in [0.2, 0.25) is 0 Å². The number of thiocarbonyl (C=S) groups is 1. The van der Waals surface area contributed by atoms with E-state index in [1.54, 1.807) is 21.6 Å². The fraction of sp³-hybridized carbons (Fsp3) is 0.520. The summed E-state index contributed by atoms with van der Waals surface area (Å²) in [7, 11) is 0. The van der Waals surface area contributed by atoms with Gasteiger partial charge in [0.1, 0.15) is 15.8 Å². The van der Waals surface area contributed by atoms with E-state index in [2.05, 4.69) is 33.0 Å². The molecule has 3 heterocycles. The Morgan fingerprint density at radius 1 is 1.27 bits per heavy atom. The van der Waals surface area contributed by atoms with Crippen molar-refractivity contribution in [2.24, 2.45) is 11.8 Å². The van der Waals surface area contributed by atoms with Gasteiger partial charge in [-0.15, -0.1) is 0 Å². The maximum Gasteiger partial charge on any atom is 0.267 e. The monoisotopic (exact) mass is 486 g/mol. The number of fused-ring (bicyclic) bond motifs is 1. The van der Waals surface area contributed by atoms with E-state index >= 15 is 0 Å². The van der Waals surface area contributed by atoms with Crippen molar-refractivity contribution < 1.29 is 4.79 Å². The third kappa shape index (κ3) is 5.84. The molecule has 0 aliphatic carbocycles. The third-order valence-electron chi connectivity index (χ3n) is 5.90. The summed E-state index contributed by atoms with van der Waals surface area (Å²) in [6.07, 6.45) is 7.76. The second-order valence-electron chi connectivity index (χ2n) is 9.05. The number of nitrogens with zero attached hydrogens (tertiary/aromatic N) is 3. The summed E-state index contributed by atoms with van der Waals surface area (Å²) < 4.78 is 2.10. The molecule has 0 aromatic carbocycles. The number of amides is 1. The number of anilines is 1. The molecule has 0 bridgehead atoms. The molecule has 1 aliphatic heterocycles. The minimum atomic E-state index is -0.199. The van der Waals surface area contributed by atoms with Gasteiger partial charge in [0.2, 0.25) is 0 Å². The van der Waals surface area contributed by atoms with Crippen LogP contribution in [-0.4, -0.2) is 37.6 Å². The van der Waals surface area contributed by atoms with Crippen molar-refractivity contribution in [3.8, 4) is 0 Å². The van der Waals surface area contributed by atoms with Crippen molar-refractivity contribution in [2.75, 3.05) is 18.4 Å². The molecule has 1 amide bonds. The zero-order valence-electron chi connectivity index (χ0n) is 20.2. The number of aryl methyl sites for hydroxylation is 1. The van der Waals surface area contributed by atoms with Crippen molar-refractivity contribution in [2.45, 2.75) is 60.3 Å². The fourth-order valence-corrected chi connectivity index (χ4v) is 5.10. The predicted octanol–water partition coefficient (Wildman–Crippen LogP) is 5.49. The van der Waals surface area contributed by atoms with Crippen molar-refractivity contribution in [1.82, 2.24) is 14.3 Å². The maximum atomic E-state index is 13.4. The van der Waals surface area contributed by atoms with Crippen LogP contribution in [0, 0.1) is 18.8 Å². The standard InChI is InChI=1S/C25H34N4O2S2/c1-6-8-11-18(7-2)15-29-24(31)20(33-25(29)32)13-19-21(26-14-16(3)4)27-22-17(5)10-9-12-28(22)23(19)30/h9-10,12-13,16,18,26H,6-8,11,14-15H2,1-5H3. The summed E-state index contributed by atoms with van der Waals surface area (Å²) in [5.41, 5.74) is 1.71. The smallest absolute Gasteiger partial charge is 0.267 e. The Morgan fingerprint density at radius 3 is 2.70 bits per heavy atom. The van der Waals surface area contributed by atoms with E-state index in [0.29, 0.717) is 51.2 Å². The van der Waals surface area contributed by atoms with Crippen LogP contribution >= 0.6 is 24.0 Å². The highest BCUT2D eigenvalue weighted by atomic mass is 32.2. The van der Waals surface area contributed by atoms with Gasteiger partial charge in [-0.2, -0.15) is 0 Å². The molecule has 1 atom stereocenters. The Labute approximate surface area is 205 Å². The van der Waals surface area contributed by atoms with Crippen LogP contribution in [0.5, 0.6) is 0 Å². The van der Waals surface area contributed by atoms with Crippen LogP contribution in [0.3, 0.4) is 0 Å². The van der Waals surface area contributed by atoms with E-state index in [1.165, 1.54) is 11.8 Å². The molecule has 33 heavy (non-hydrogen) atoms. The number of pyridine rings is 1. The van der Waals surface area contributed by atoms with Gasteiger partial charge in [0.15, 0.2) is 0 Å². The van der Waals surface area contributed by atoms with Crippen LogP contribution in [0.25, 0.3) is 11.7 Å². The average Bonchev–Trinajstić information content (AvgIpc) is 3.04. The topological polar surface area (TPSA) is 66.7 Å². The quantitative estimate of drug-likeness (QED) is 0.354. The summed E-state index contributed by atoms with van der Waals surface area (Å²) in [4.78, 5) is 33.6. The number of nitrogens with one attached hydrogen (secondary N) is 1. The van der Waals surface area contributed by atoms with Crippen LogP contribution in [-0.2, 0) is 4.79 Å². The maximum absolute atomic E-state index is 13.4. The first-order valence-electron chi connectivity index (χ1n) is 11.8. The fourth-order valence-electron chi connectivity index (χ4n) is 3.84. The Kier molecular flexibility index (Phi) is 8.70. The van der Waals surface area contributed by atoms with E-state index in [-0.39, 0.29) is 11.5 Å². The summed E-state index contributed by atoms with van der Waals surface area (Å²) in [6.45, 7) is 11.8. The zero-order valence-corrected chi connectivity index (χ0v) is 21.8. The molecular formula is C25H34N4O2S2. The van der Waals surface area contributed by atoms with Gasteiger partial charge in [0.25, 0.3) is 11.5 Å². The van der Waals surface area contributed by atoms with E-state index < -0.39 is 0 Å². The first kappa shape index (κ1) is 25.4. The molecule has 1 aliphatic rings. The first-order valence-corrected chi connectivity index (χ1v) is 13.0. The van der Waals surface area contributed by atoms with Crippen LogP contribution in [0.1, 0.15) is 64.5 Å². The lowest BCUT2D eigenvalue weighted by Gasteiger charge is -2.21. The predicted molar refractivity (Wildman–Crippen MR) is 143 cm³/mol. The van der Waals surface area contributed by atoms with Crippen molar-refractivity contribution >= 4 is 51.7 Å². The Balaban J connectivity index is 2.00. The molecule has 2 aromatic heterocycles. The van der Waals surface area contributed by atoms with Gasteiger partial charge < -0.3 is 5.32 Å². The molecule has 0 saturated carbocycles. The largest absolute Gasteiger partial charge is 0.369 e. The van der Waals surface area contributed by atoms with Crippen molar-refractivity contribution in [1.29, 1.82) is 0 Å². The van der Waals surface area contributed by atoms with Gasteiger partial charge in [-0.25, -0.2) is 4.98 Å². The van der Waals surface area contributed by atoms with Crippen molar-refractivity contribution in [3.05, 3.63) is 44.7 Å². The highest BCUT2D eigenvalue weighted by molar-refractivity contribution is 8.26. The number of carbonyl (C=O) groups excluding carboxylic acids is 1. The Hall–Kier alpha value is -2.19. The number of hydrogen-bond donors (Lipinski definition) is 1. The number of unbranched alkanes of at least 4 members (excludes halogenated alkanes) is 1. The normalized spacial score (nSPS) is 16.4. The van der Waals surface area contributed by atoms with E-state index in [9.17, 15) is 9.59 Å². The SMILES string of the molecule is CCCCC(CC)CN1C(=O)C(=Cc2c(NCC(C)C)nc3c(C)cccn3c2=O)SC1=S. The molecule has 1 unspecified atom stereocenters. The minimum Gasteiger partial charge on any atom is -0.369 e. The van der Waals surface area contributed by atoms with Gasteiger partial charge >= 0.3 is 0 Å². The van der Waals surface area contributed by atoms with Gasteiger partial charge in [-0.1, -0.05) is 77.0 Å². The second kappa shape index (κ2) is 11.3. The first-order chi connectivity index (χ1) is 15.8. The van der Waals surface area contributed by atoms with E-state index in [0.717, 1.165) is 31.2 Å². The van der Waals surface area contributed by atoms with Gasteiger partial charge in [-0.05, 0) is 42.9 Å². The molecule has 2 aromatic rings. The van der Waals surface area contributed by atoms with E-state index in [1.807, 2.05) is 19.1 Å². The summed E-state index contributed by atoms with van der Waals surface area (Å²) in [6, 6.07) is 3.76. The molecule has 3 rings (SSSR count). The van der Waals surface area contributed by atoms with Gasteiger partial charge in [0.05, 0.1) is 10.5 Å². The lowest BCUT2D eigenvalue weighted by atomic mass is 9.99. The van der Waals surface area contributed by atoms with Crippen LogP contribution in [0.4, 0.5) is 5.82 Å². The summed E-state index contributed by atoms with van der Waals surface area (Å²) in [5, 5.41) is 3.31. The molecule has 8 heteroatoms. The molecule has 6 nitrogen and oxygen atoms in total. The number of thioether (sulfide) groups is 1. The molecular weight excluding hydrogens is 452 g/mol. The zero-order chi connectivity index (χ0) is 24.1. The Morgan fingerprint density at radius 2 is 2.03 bits per heavy atom. The van der Waals surface area contributed by atoms with Gasteiger partial charge in [-0.3, -0.25) is 18.9 Å². The molecule has 178 valence electrons. The number of hydrogen-bond acceptors (Lipinski definition) is 6. The molecule has 0 spiro atoms. The van der Waals surface area contributed by atoms with Crippen molar-refractivity contribution in [3.63, 3.8) is 0 Å². The molecule has 1 N–H and O–H groups in total. The van der Waals surface area contributed by atoms with Gasteiger partial charge in [0, 0.05) is 19.3 Å². The highest BCUT2D eigenvalue weighted by Crippen LogP contribution is 2.34. The highest BCUT2D eigenvalue weighted by Gasteiger charge is 2.33. The lowest BCUT2D eigenvalue weighted by molar-refractivity contribution is -0.122.